The fourth-order valence-corrected chi connectivity index (χ4v) is 2.95. The Labute approximate surface area is 145 Å². The van der Waals surface area contributed by atoms with Crippen molar-refractivity contribution in [3.8, 4) is 0 Å². The van der Waals surface area contributed by atoms with Crippen molar-refractivity contribution in [2.24, 2.45) is 5.92 Å². The minimum absolute atomic E-state index is 0.00805. The van der Waals surface area contributed by atoms with Crippen molar-refractivity contribution in [3.05, 3.63) is 35.4 Å². The smallest absolute Gasteiger partial charge is 0.354 e. The standard InChI is InChI=1S/C18H23F3N2O2/c19-18(20,21)15-8-6-13(7-9-15)10-11-22-16(24)12-23-17(25)14-4-2-1-3-5-14/h6-9,14H,1-5,10-12H2,(H,22,24)(H,23,25). The largest absolute Gasteiger partial charge is 0.416 e. The zero-order valence-electron chi connectivity index (χ0n) is 14.0. The normalized spacial score (nSPS) is 15.6. The van der Waals surface area contributed by atoms with Crippen molar-refractivity contribution in [1.29, 1.82) is 0 Å². The second-order valence-electron chi connectivity index (χ2n) is 6.35. The molecule has 1 aromatic carbocycles. The van der Waals surface area contributed by atoms with Crippen LogP contribution in [0.3, 0.4) is 0 Å². The highest BCUT2D eigenvalue weighted by atomic mass is 19.4. The number of nitrogens with one attached hydrogen (secondary N) is 2. The van der Waals surface area contributed by atoms with Crippen LogP contribution in [0.4, 0.5) is 13.2 Å². The average Bonchev–Trinajstić information content (AvgIpc) is 2.60. The lowest BCUT2D eigenvalue weighted by Gasteiger charge is -2.20. The molecule has 2 N–H and O–H groups in total. The van der Waals surface area contributed by atoms with E-state index in [2.05, 4.69) is 10.6 Å². The number of benzene rings is 1. The zero-order valence-corrected chi connectivity index (χ0v) is 14.0. The number of amides is 2. The number of carbonyl (C=O) groups is 2. The number of hydrogen-bond donors (Lipinski definition) is 2. The van der Waals surface area contributed by atoms with Crippen molar-refractivity contribution in [3.63, 3.8) is 0 Å². The highest BCUT2D eigenvalue weighted by molar-refractivity contribution is 5.85. The third-order valence-corrected chi connectivity index (χ3v) is 4.42. The molecule has 0 radical (unpaired) electrons. The Balaban J connectivity index is 1.65. The molecular formula is C18H23F3N2O2. The highest BCUT2D eigenvalue weighted by Gasteiger charge is 2.29. The molecule has 1 aliphatic carbocycles. The summed E-state index contributed by atoms with van der Waals surface area (Å²) >= 11 is 0. The maximum Gasteiger partial charge on any atom is 0.416 e. The van der Waals surface area contributed by atoms with E-state index < -0.39 is 11.7 Å². The molecule has 1 fully saturated rings. The molecule has 1 aliphatic rings. The van der Waals surface area contributed by atoms with Gasteiger partial charge in [-0.2, -0.15) is 13.2 Å². The molecule has 7 heteroatoms. The number of halogens is 3. The van der Waals surface area contributed by atoms with Gasteiger partial charge >= 0.3 is 6.18 Å². The van der Waals surface area contributed by atoms with E-state index in [9.17, 15) is 22.8 Å². The summed E-state index contributed by atoms with van der Waals surface area (Å²) < 4.78 is 37.4. The van der Waals surface area contributed by atoms with E-state index in [1.165, 1.54) is 12.1 Å². The summed E-state index contributed by atoms with van der Waals surface area (Å²) in [7, 11) is 0. The number of hydrogen-bond acceptors (Lipinski definition) is 2. The van der Waals surface area contributed by atoms with Gasteiger partial charge in [-0.05, 0) is 37.0 Å². The van der Waals surface area contributed by atoms with Gasteiger partial charge in [-0.15, -0.1) is 0 Å². The Morgan fingerprint density at radius 1 is 1.00 bits per heavy atom. The Morgan fingerprint density at radius 3 is 2.24 bits per heavy atom. The molecule has 2 rings (SSSR count). The van der Waals surface area contributed by atoms with Crippen LogP contribution in [0.2, 0.25) is 0 Å². The zero-order chi connectivity index (χ0) is 18.3. The van der Waals surface area contributed by atoms with E-state index in [-0.39, 0.29) is 24.3 Å². The molecule has 138 valence electrons. The Morgan fingerprint density at radius 2 is 1.64 bits per heavy atom. The Hall–Kier alpha value is -2.05. The van der Waals surface area contributed by atoms with Gasteiger partial charge in [0.05, 0.1) is 12.1 Å². The average molecular weight is 356 g/mol. The molecule has 2 amide bonds. The molecule has 1 saturated carbocycles. The topological polar surface area (TPSA) is 58.2 Å². The fraction of sp³-hybridized carbons (Fsp3) is 0.556. The van der Waals surface area contributed by atoms with Crippen molar-refractivity contribution in [2.75, 3.05) is 13.1 Å². The first kappa shape index (κ1) is 19.3. The van der Waals surface area contributed by atoms with Crippen LogP contribution in [-0.4, -0.2) is 24.9 Å². The minimum atomic E-state index is -4.34. The summed E-state index contributed by atoms with van der Waals surface area (Å²) in [6.45, 7) is 0.242. The molecule has 0 bridgehead atoms. The number of rotatable bonds is 6. The van der Waals surface area contributed by atoms with E-state index in [0.29, 0.717) is 18.5 Å². The monoisotopic (exact) mass is 356 g/mol. The predicted octanol–water partition coefficient (Wildman–Crippen LogP) is 3.06. The lowest BCUT2D eigenvalue weighted by molar-refractivity contribution is -0.137. The molecule has 0 unspecified atom stereocenters. The number of carbonyl (C=O) groups excluding carboxylic acids is 2. The lowest BCUT2D eigenvalue weighted by Crippen LogP contribution is -2.40. The number of alkyl halides is 3. The van der Waals surface area contributed by atoms with Gasteiger partial charge in [-0.25, -0.2) is 0 Å². The first-order valence-corrected chi connectivity index (χ1v) is 8.57. The molecule has 25 heavy (non-hydrogen) atoms. The first-order valence-electron chi connectivity index (χ1n) is 8.57. The summed E-state index contributed by atoms with van der Waals surface area (Å²) in [5.41, 5.74) is 0.0188. The van der Waals surface area contributed by atoms with Gasteiger partial charge in [0.25, 0.3) is 0 Å². The summed E-state index contributed by atoms with van der Waals surface area (Å²) in [6.07, 6.45) is 1.11. The Bertz CT molecular complexity index is 579. The molecule has 0 aromatic heterocycles. The highest BCUT2D eigenvalue weighted by Crippen LogP contribution is 2.29. The van der Waals surface area contributed by atoms with Gasteiger partial charge in [0.2, 0.25) is 11.8 Å². The van der Waals surface area contributed by atoms with Crippen molar-refractivity contribution < 1.29 is 22.8 Å². The van der Waals surface area contributed by atoms with E-state index in [0.717, 1.165) is 44.2 Å². The van der Waals surface area contributed by atoms with Crippen LogP contribution in [0, 0.1) is 5.92 Å². The summed E-state index contributed by atoms with van der Waals surface area (Å²) in [4.78, 5) is 23.7. The summed E-state index contributed by atoms with van der Waals surface area (Å²) in [6, 6.07) is 4.86. The van der Waals surface area contributed by atoms with Gasteiger partial charge in [0, 0.05) is 12.5 Å². The quantitative estimate of drug-likeness (QED) is 0.823. The van der Waals surface area contributed by atoms with Crippen LogP contribution in [-0.2, 0) is 22.2 Å². The van der Waals surface area contributed by atoms with E-state index in [1.54, 1.807) is 0 Å². The molecule has 0 atom stereocenters. The molecule has 0 aliphatic heterocycles. The summed E-state index contributed by atoms with van der Waals surface area (Å²) in [5, 5.41) is 5.31. The lowest BCUT2D eigenvalue weighted by atomic mass is 9.89. The Kier molecular flexibility index (Phi) is 6.84. The van der Waals surface area contributed by atoms with E-state index >= 15 is 0 Å². The third kappa shape index (κ3) is 6.40. The van der Waals surface area contributed by atoms with Crippen molar-refractivity contribution in [1.82, 2.24) is 10.6 Å². The molecular weight excluding hydrogens is 333 g/mol. The van der Waals surface area contributed by atoms with Crippen LogP contribution in [0.25, 0.3) is 0 Å². The van der Waals surface area contributed by atoms with Gasteiger partial charge in [-0.1, -0.05) is 31.4 Å². The van der Waals surface area contributed by atoms with Gasteiger partial charge in [-0.3, -0.25) is 9.59 Å². The van der Waals surface area contributed by atoms with Crippen molar-refractivity contribution in [2.45, 2.75) is 44.7 Å². The third-order valence-electron chi connectivity index (χ3n) is 4.42. The van der Waals surface area contributed by atoms with E-state index in [1.807, 2.05) is 0 Å². The molecule has 4 nitrogen and oxygen atoms in total. The minimum Gasteiger partial charge on any atom is -0.354 e. The van der Waals surface area contributed by atoms with Gasteiger partial charge in [0.15, 0.2) is 0 Å². The maximum atomic E-state index is 12.5. The maximum absolute atomic E-state index is 12.5. The van der Waals surface area contributed by atoms with Gasteiger partial charge in [0.1, 0.15) is 0 Å². The first-order chi connectivity index (χ1) is 11.9. The van der Waals surface area contributed by atoms with E-state index in [4.69, 9.17) is 0 Å². The second kappa shape index (κ2) is 8.87. The van der Waals surface area contributed by atoms with Crippen molar-refractivity contribution >= 4 is 11.8 Å². The molecule has 1 aromatic rings. The molecule has 0 spiro atoms. The van der Waals surface area contributed by atoms with Crippen LogP contribution in [0.15, 0.2) is 24.3 Å². The van der Waals surface area contributed by atoms with Gasteiger partial charge < -0.3 is 10.6 Å². The van der Waals surface area contributed by atoms with Crippen LogP contribution >= 0.6 is 0 Å². The van der Waals surface area contributed by atoms with Crippen LogP contribution < -0.4 is 10.6 Å². The fourth-order valence-electron chi connectivity index (χ4n) is 2.95. The molecule has 0 saturated heterocycles. The molecule has 0 heterocycles. The second-order valence-corrected chi connectivity index (χ2v) is 6.35. The summed E-state index contributed by atoms with van der Waals surface area (Å²) in [5.74, 6) is -0.359. The van der Waals surface area contributed by atoms with Crippen LogP contribution in [0.5, 0.6) is 0 Å². The predicted molar refractivity (Wildman–Crippen MR) is 87.7 cm³/mol. The van der Waals surface area contributed by atoms with Crippen LogP contribution in [0.1, 0.15) is 43.2 Å². The SMILES string of the molecule is O=C(CNC(=O)C1CCCCC1)NCCc1ccc(C(F)(F)F)cc1.